The molecule has 0 aliphatic carbocycles. The van der Waals surface area contributed by atoms with Crippen LogP contribution in [-0.4, -0.2) is 0 Å². The zero-order valence-electron chi connectivity index (χ0n) is 10.0. The minimum Gasteiger partial charge on any atom is -0.399 e. The van der Waals surface area contributed by atoms with Gasteiger partial charge in [0.15, 0.2) is 0 Å². The molecule has 0 unspecified atom stereocenters. The summed E-state index contributed by atoms with van der Waals surface area (Å²) in [6.45, 7) is 6.32. The summed E-state index contributed by atoms with van der Waals surface area (Å²) in [5, 5.41) is 0. The lowest BCUT2D eigenvalue weighted by Crippen LogP contribution is -1.90. The smallest absolute Gasteiger partial charge is 0.0322 e. The maximum absolute atomic E-state index is 5.88. The van der Waals surface area contributed by atoms with Crippen molar-refractivity contribution in [3.63, 3.8) is 0 Å². The van der Waals surface area contributed by atoms with Gasteiger partial charge < -0.3 is 5.73 Å². The quantitative estimate of drug-likeness (QED) is 0.712. The highest BCUT2D eigenvalue weighted by atomic mass is 14.5. The van der Waals surface area contributed by atoms with Gasteiger partial charge in [-0.3, -0.25) is 0 Å². The van der Waals surface area contributed by atoms with Gasteiger partial charge in [-0.2, -0.15) is 0 Å². The Hall–Kier alpha value is -1.76. The van der Waals surface area contributed by atoms with Crippen LogP contribution in [0, 0.1) is 20.8 Å². The molecule has 0 fully saturated rings. The molecular formula is C15H17N. The lowest BCUT2D eigenvalue weighted by atomic mass is 9.97. The predicted molar refractivity (Wildman–Crippen MR) is 70.5 cm³/mol. The van der Waals surface area contributed by atoms with Crippen molar-refractivity contribution in [2.75, 3.05) is 5.73 Å². The standard InChI is InChI=1S/C15H17N/c1-10-4-5-12(3)15(8-10)13-6-11(2)7-14(16)9-13/h4-9H,16H2,1-3H3. The molecule has 2 rings (SSSR count). The third-order valence-corrected chi connectivity index (χ3v) is 2.80. The summed E-state index contributed by atoms with van der Waals surface area (Å²) in [5.74, 6) is 0. The minimum absolute atomic E-state index is 0.830. The minimum atomic E-state index is 0.830. The van der Waals surface area contributed by atoms with Gasteiger partial charge in [0, 0.05) is 5.69 Å². The zero-order valence-corrected chi connectivity index (χ0v) is 10.0. The first-order chi connectivity index (χ1) is 7.56. The molecule has 0 aromatic heterocycles. The number of aryl methyl sites for hydroxylation is 3. The summed E-state index contributed by atoms with van der Waals surface area (Å²) in [6, 6.07) is 12.7. The molecule has 0 saturated heterocycles. The van der Waals surface area contributed by atoms with Crippen LogP contribution in [0.1, 0.15) is 16.7 Å². The fraction of sp³-hybridized carbons (Fsp3) is 0.200. The first-order valence-electron chi connectivity index (χ1n) is 5.51. The molecule has 0 heterocycles. The molecule has 0 saturated carbocycles. The van der Waals surface area contributed by atoms with E-state index in [1.54, 1.807) is 0 Å². The van der Waals surface area contributed by atoms with Gasteiger partial charge in [0.1, 0.15) is 0 Å². The van der Waals surface area contributed by atoms with Crippen LogP contribution in [0.5, 0.6) is 0 Å². The molecular weight excluding hydrogens is 194 g/mol. The van der Waals surface area contributed by atoms with Gasteiger partial charge in [-0.25, -0.2) is 0 Å². The predicted octanol–water partition coefficient (Wildman–Crippen LogP) is 3.86. The normalized spacial score (nSPS) is 10.4. The van der Waals surface area contributed by atoms with Gasteiger partial charge in [-0.05, 0) is 55.2 Å². The number of nitrogen functional groups attached to an aromatic ring is 1. The van der Waals surface area contributed by atoms with E-state index in [1.807, 2.05) is 12.1 Å². The van der Waals surface area contributed by atoms with Crippen LogP contribution in [0.2, 0.25) is 0 Å². The number of rotatable bonds is 1. The maximum Gasteiger partial charge on any atom is 0.0322 e. The molecule has 0 aliphatic rings. The van der Waals surface area contributed by atoms with Crippen LogP contribution in [0.25, 0.3) is 11.1 Å². The molecule has 2 aromatic rings. The largest absolute Gasteiger partial charge is 0.399 e. The molecule has 0 atom stereocenters. The second-order valence-electron chi connectivity index (χ2n) is 4.45. The van der Waals surface area contributed by atoms with E-state index in [2.05, 4.69) is 45.0 Å². The molecule has 1 heteroatoms. The second-order valence-corrected chi connectivity index (χ2v) is 4.45. The highest BCUT2D eigenvalue weighted by Crippen LogP contribution is 2.27. The maximum atomic E-state index is 5.88. The number of nitrogens with two attached hydrogens (primary N) is 1. The third-order valence-electron chi connectivity index (χ3n) is 2.80. The molecule has 0 radical (unpaired) electrons. The van der Waals surface area contributed by atoms with Crippen LogP contribution in [0.3, 0.4) is 0 Å². The molecule has 2 aromatic carbocycles. The van der Waals surface area contributed by atoms with E-state index in [1.165, 1.54) is 27.8 Å². The number of anilines is 1. The average Bonchev–Trinajstić information content (AvgIpc) is 2.20. The molecule has 16 heavy (non-hydrogen) atoms. The van der Waals surface area contributed by atoms with Crippen molar-refractivity contribution < 1.29 is 0 Å². The highest BCUT2D eigenvalue weighted by Gasteiger charge is 2.03. The summed E-state index contributed by atoms with van der Waals surface area (Å²) >= 11 is 0. The van der Waals surface area contributed by atoms with E-state index < -0.39 is 0 Å². The summed E-state index contributed by atoms with van der Waals surface area (Å²) in [4.78, 5) is 0. The monoisotopic (exact) mass is 211 g/mol. The summed E-state index contributed by atoms with van der Waals surface area (Å²) < 4.78 is 0. The van der Waals surface area contributed by atoms with E-state index in [9.17, 15) is 0 Å². The molecule has 2 N–H and O–H groups in total. The van der Waals surface area contributed by atoms with Gasteiger partial charge >= 0.3 is 0 Å². The van der Waals surface area contributed by atoms with Crippen molar-refractivity contribution in [3.05, 3.63) is 53.1 Å². The fourth-order valence-electron chi connectivity index (χ4n) is 2.02. The molecule has 0 bridgehead atoms. The van der Waals surface area contributed by atoms with Crippen LogP contribution in [-0.2, 0) is 0 Å². The van der Waals surface area contributed by atoms with Crippen molar-refractivity contribution in [1.29, 1.82) is 0 Å². The Labute approximate surface area is 96.9 Å². The highest BCUT2D eigenvalue weighted by molar-refractivity contribution is 5.71. The first kappa shape index (κ1) is 10.7. The number of hydrogen-bond acceptors (Lipinski definition) is 1. The van der Waals surface area contributed by atoms with Crippen molar-refractivity contribution in [3.8, 4) is 11.1 Å². The summed E-state index contributed by atoms with van der Waals surface area (Å²) in [7, 11) is 0. The lowest BCUT2D eigenvalue weighted by molar-refractivity contribution is 1.38. The average molecular weight is 211 g/mol. The Morgan fingerprint density at radius 2 is 1.56 bits per heavy atom. The zero-order chi connectivity index (χ0) is 11.7. The molecule has 0 spiro atoms. The Kier molecular flexibility index (Phi) is 2.69. The lowest BCUT2D eigenvalue weighted by Gasteiger charge is -2.09. The topological polar surface area (TPSA) is 26.0 Å². The van der Waals surface area contributed by atoms with Crippen LogP contribution >= 0.6 is 0 Å². The Balaban J connectivity index is 2.62. The number of benzene rings is 2. The van der Waals surface area contributed by atoms with Crippen molar-refractivity contribution in [1.82, 2.24) is 0 Å². The van der Waals surface area contributed by atoms with Gasteiger partial charge in [-0.15, -0.1) is 0 Å². The van der Waals surface area contributed by atoms with Crippen LogP contribution in [0.15, 0.2) is 36.4 Å². The molecule has 0 aliphatic heterocycles. The van der Waals surface area contributed by atoms with E-state index in [4.69, 9.17) is 5.73 Å². The summed E-state index contributed by atoms with van der Waals surface area (Å²) in [5.41, 5.74) is 13.0. The van der Waals surface area contributed by atoms with E-state index in [0.29, 0.717) is 0 Å². The van der Waals surface area contributed by atoms with Gasteiger partial charge in [0.2, 0.25) is 0 Å². The van der Waals surface area contributed by atoms with Gasteiger partial charge in [-0.1, -0.05) is 29.8 Å². The molecule has 82 valence electrons. The van der Waals surface area contributed by atoms with E-state index in [-0.39, 0.29) is 0 Å². The van der Waals surface area contributed by atoms with Crippen molar-refractivity contribution >= 4 is 5.69 Å². The van der Waals surface area contributed by atoms with E-state index in [0.717, 1.165) is 5.69 Å². The van der Waals surface area contributed by atoms with Gasteiger partial charge in [0.25, 0.3) is 0 Å². The first-order valence-corrected chi connectivity index (χ1v) is 5.51. The summed E-state index contributed by atoms with van der Waals surface area (Å²) in [6.07, 6.45) is 0. The SMILES string of the molecule is Cc1cc(N)cc(-c2cc(C)ccc2C)c1. The van der Waals surface area contributed by atoms with Crippen LogP contribution < -0.4 is 5.73 Å². The van der Waals surface area contributed by atoms with Crippen molar-refractivity contribution in [2.45, 2.75) is 20.8 Å². The molecule has 0 amide bonds. The number of hydrogen-bond donors (Lipinski definition) is 1. The Morgan fingerprint density at radius 1 is 0.812 bits per heavy atom. The Bertz CT molecular complexity index is 507. The van der Waals surface area contributed by atoms with Gasteiger partial charge in [0.05, 0.1) is 0 Å². The van der Waals surface area contributed by atoms with E-state index >= 15 is 0 Å². The third kappa shape index (κ3) is 2.08. The van der Waals surface area contributed by atoms with Crippen LogP contribution in [0.4, 0.5) is 5.69 Å². The second kappa shape index (κ2) is 4.01. The fourth-order valence-corrected chi connectivity index (χ4v) is 2.02. The Morgan fingerprint density at radius 3 is 2.25 bits per heavy atom. The van der Waals surface area contributed by atoms with Crippen molar-refractivity contribution in [2.24, 2.45) is 0 Å². The molecule has 1 nitrogen and oxygen atoms in total.